The summed E-state index contributed by atoms with van der Waals surface area (Å²) < 4.78 is 5.21. The third-order valence-electron chi connectivity index (χ3n) is 3.04. The van der Waals surface area contributed by atoms with Crippen LogP contribution in [-0.2, 0) is 16.0 Å². The lowest BCUT2D eigenvalue weighted by molar-refractivity contribution is -0.135. The molecular formula is C14H16N2O2. The fourth-order valence-electron chi connectivity index (χ4n) is 2.02. The van der Waals surface area contributed by atoms with Crippen LogP contribution in [0, 0.1) is 6.57 Å². The van der Waals surface area contributed by atoms with Crippen LogP contribution in [0.15, 0.2) is 30.3 Å². The van der Waals surface area contributed by atoms with Crippen LogP contribution in [0.4, 0.5) is 0 Å². The molecule has 0 aliphatic carbocycles. The summed E-state index contributed by atoms with van der Waals surface area (Å²) in [6.45, 7) is 9.54. The molecule has 1 fully saturated rings. The molecule has 0 spiro atoms. The van der Waals surface area contributed by atoms with Crippen molar-refractivity contribution in [2.24, 2.45) is 0 Å². The number of nitrogens with zero attached hydrogens (tertiary/aromatic N) is 2. The first kappa shape index (κ1) is 12.6. The van der Waals surface area contributed by atoms with Gasteiger partial charge in [-0.25, -0.2) is 6.57 Å². The van der Waals surface area contributed by atoms with Crippen molar-refractivity contribution in [3.05, 3.63) is 47.3 Å². The number of amides is 1. The molecule has 0 aromatic heterocycles. The molecule has 94 valence electrons. The van der Waals surface area contributed by atoms with Gasteiger partial charge in [0.2, 0.25) is 0 Å². The predicted octanol–water partition coefficient (Wildman–Crippen LogP) is 1.38. The lowest BCUT2D eigenvalue weighted by atomic mass is 10.1. The number of hydrogen-bond donors (Lipinski definition) is 0. The van der Waals surface area contributed by atoms with Gasteiger partial charge >= 0.3 is 11.9 Å². The van der Waals surface area contributed by atoms with Gasteiger partial charge in [0, 0.05) is 13.1 Å². The molecule has 1 aliphatic rings. The van der Waals surface area contributed by atoms with Crippen molar-refractivity contribution in [2.45, 2.75) is 12.5 Å². The van der Waals surface area contributed by atoms with E-state index in [9.17, 15) is 4.79 Å². The second-order valence-corrected chi connectivity index (χ2v) is 4.27. The minimum Gasteiger partial charge on any atom is -0.378 e. The van der Waals surface area contributed by atoms with Crippen LogP contribution in [0.1, 0.15) is 5.56 Å². The molecular weight excluding hydrogens is 228 g/mol. The third kappa shape index (κ3) is 3.08. The van der Waals surface area contributed by atoms with E-state index >= 15 is 0 Å². The van der Waals surface area contributed by atoms with Crippen LogP contribution in [0.3, 0.4) is 0 Å². The van der Waals surface area contributed by atoms with Crippen LogP contribution in [0.25, 0.3) is 4.85 Å². The SMILES string of the molecule is [C-]#[N+][C@H](Cc1ccccc1)C(=O)N1CCOCC1. The van der Waals surface area contributed by atoms with E-state index in [1.165, 1.54) is 0 Å². The number of carbonyl (C=O) groups is 1. The first-order chi connectivity index (χ1) is 8.81. The molecule has 1 atom stereocenters. The molecule has 0 saturated carbocycles. The normalized spacial score (nSPS) is 16.9. The zero-order valence-electron chi connectivity index (χ0n) is 10.2. The summed E-state index contributed by atoms with van der Waals surface area (Å²) in [6.07, 6.45) is 0.487. The first-order valence-corrected chi connectivity index (χ1v) is 6.08. The van der Waals surface area contributed by atoms with Crippen LogP contribution >= 0.6 is 0 Å². The molecule has 1 heterocycles. The van der Waals surface area contributed by atoms with Gasteiger partial charge in [-0.3, -0.25) is 4.79 Å². The zero-order valence-corrected chi connectivity index (χ0v) is 10.2. The molecule has 0 radical (unpaired) electrons. The number of rotatable bonds is 3. The van der Waals surface area contributed by atoms with Gasteiger partial charge in [0.25, 0.3) is 0 Å². The Bertz CT molecular complexity index is 433. The monoisotopic (exact) mass is 244 g/mol. The van der Waals surface area contributed by atoms with Crippen LogP contribution in [0.2, 0.25) is 0 Å². The fourth-order valence-corrected chi connectivity index (χ4v) is 2.02. The molecule has 18 heavy (non-hydrogen) atoms. The van der Waals surface area contributed by atoms with Crippen molar-refractivity contribution < 1.29 is 9.53 Å². The number of benzene rings is 1. The molecule has 1 saturated heterocycles. The van der Waals surface area contributed by atoms with Gasteiger partial charge in [-0.1, -0.05) is 30.3 Å². The largest absolute Gasteiger partial charge is 0.378 e. The van der Waals surface area contributed by atoms with Gasteiger partial charge in [0.05, 0.1) is 19.6 Å². The van der Waals surface area contributed by atoms with Gasteiger partial charge in [-0.15, -0.1) is 0 Å². The Kier molecular flexibility index (Phi) is 4.32. The second kappa shape index (κ2) is 6.18. The minimum atomic E-state index is -0.606. The standard InChI is InChI=1S/C14H16N2O2/c1-15-13(11-12-5-3-2-4-6-12)14(17)16-7-9-18-10-8-16/h2-6,13H,7-11H2/t13-/m1/s1. The minimum absolute atomic E-state index is 0.0721. The Morgan fingerprint density at radius 2 is 2.00 bits per heavy atom. The maximum absolute atomic E-state index is 12.2. The predicted molar refractivity (Wildman–Crippen MR) is 67.9 cm³/mol. The van der Waals surface area contributed by atoms with Crippen molar-refractivity contribution in [1.29, 1.82) is 0 Å². The number of ether oxygens (including phenoxy) is 1. The molecule has 1 amide bonds. The van der Waals surface area contributed by atoms with Crippen molar-refractivity contribution in [2.75, 3.05) is 26.3 Å². The van der Waals surface area contributed by atoms with E-state index in [1.807, 2.05) is 30.3 Å². The van der Waals surface area contributed by atoms with E-state index in [1.54, 1.807) is 4.90 Å². The molecule has 1 aromatic carbocycles. The number of carbonyl (C=O) groups excluding carboxylic acids is 1. The molecule has 0 unspecified atom stereocenters. The van der Waals surface area contributed by atoms with Crippen molar-refractivity contribution >= 4 is 5.91 Å². The highest BCUT2D eigenvalue weighted by molar-refractivity contribution is 5.84. The summed E-state index contributed by atoms with van der Waals surface area (Å²) in [6, 6.07) is 9.08. The molecule has 4 heteroatoms. The average molecular weight is 244 g/mol. The smallest absolute Gasteiger partial charge is 0.306 e. The lowest BCUT2D eigenvalue weighted by Gasteiger charge is -2.26. The van der Waals surface area contributed by atoms with Gasteiger partial charge < -0.3 is 14.5 Å². The summed E-state index contributed by atoms with van der Waals surface area (Å²) in [4.78, 5) is 17.4. The Balaban J connectivity index is 2.00. The Labute approximate surface area is 107 Å². The maximum Gasteiger partial charge on any atom is 0.306 e. The average Bonchev–Trinajstić information content (AvgIpc) is 2.46. The summed E-state index contributed by atoms with van der Waals surface area (Å²) in [5.41, 5.74) is 1.03. The van der Waals surface area contributed by atoms with E-state index in [0.717, 1.165) is 5.56 Å². The van der Waals surface area contributed by atoms with E-state index in [4.69, 9.17) is 11.3 Å². The molecule has 1 aromatic rings. The van der Waals surface area contributed by atoms with Gasteiger partial charge in [0.15, 0.2) is 0 Å². The van der Waals surface area contributed by atoms with Gasteiger partial charge in [-0.2, -0.15) is 0 Å². The highest BCUT2D eigenvalue weighted by Gasteiger charge is 2.30. The number of hydrogen-bond acceptors (Lipinski definition) is 2. The van der Waals surface area contributed by atoms with E-state index in [0.29, 0.717) is 32.7 Å². The molecule has 1 aliphatic heterocycles. The highest BCUT2D eigenvalue weighted by Crippen LogP contribution is 2.10. The zero-order chi connectivity index (χ0) is 12.8. The van der Waals surface area contributed by atoms with Crippen LogP contribution in [0.5, 0.6) is 0 Å². The molecule has 0 bridgehead atoms. The highest BCUT2D eigenvalue weighted by atomic mass is 16.5. The number of morpholine rings is 1. The quantitative estimate of drug-likeness (QED) is 0.753. The van der Waals surface area contributed by atoms with E-state index < -0.39 is 6.04 Å². The second-order valence-electron chi connectivity index (χ2n) is 4.27. The van der Waals surface area contributed by atoms with Crippen LogP contribution in [-0.4, -0.2) is 43.2 Å². The summed E-state index contributed by atoms with van der Waals surface area (Å²) in [7, 11) is 0. The van der Waals surface area contributed by atoms with Crippen molar-refractivity contribution in [1.82, 2.24) is 4.90 Å². The van der Waals surface area contributed by atoms with Crippen LogP contribution < -0.4 is 0 Å². The van der Waals surface area contributed by atoms with Gasteiger partial charge in [0.1, 0.15) is 0 Å². The van der Waals surface area contributed by atoms with Crippen molar-refractivity contribution in [3.8, 4) is 0 Å². The summed E-state index contributed by atoms with van der Waals surface area (Å²) in [5.74, 6) is -0.0721. The third-order valence-corrected chi connectivity index (χ3v) is 3.04. The van der Waals surface area contributed by atoms with E-state index in [2.05, 4.69) is 4.85 Å². The Hall–Kier alpha value is -1.86. The Morgan fingerprint density at radius 1 is 1.33 bits per heavy atom. The fraction of sp³-hybridized carbons (Fsp3) is 0.429. The lowest BCUT2D eigenvalue weighted by Crippen LogP contribution is -2.45. The molecule has 4 nitrogen and oxygen atoms in total. The summed E-state index contributed by atoms with van der Waals surface area (Å²) in [5, 5.41) is 0. The Morgan fingerprint density at radius 3 is 2.61 bits per heavy atom. The molecule has 0 N–H and O–H groups in total. The topological polar surface area (TPSA) is 33.9 Å². The maximum atomic E-state index is 12.2. The first-order valence-electron chi connectivity index (χ1n) is 6.08. The summed E-state index contributed by atoms with van der Waals surface area (Å²) >= 11 is 0. The molecule has 2 rings (SSSR count). The van der Waals surface area contributed by atoms with Gasteiger partial charge in [-0.05, 0) is 5.56 Å². The van der Waals surface area contributed by atoms with E-state index in [-0.39, 0.29) is 5.91 Å². The van der Waals surface area contributed by atoms with Crippen molar-refractivity contribution in [3.63, 3.8) is 0 Å².